The van der Waals surface area contributed by atoms with Crippen molar-refractivity contribution in [2.45, 2.75) is 19.9 Å². The molecule has 5 heteroatoms. The Kier molecular flexibility index (Phi) is 4.16. The van der Waals surface area contributed by atoms with Crippen molar-refractivity contribution in [3.05, 3.63) is 45.8 Å². The Hall–Kier alpha value is -1.88. The van der Waals surface area contributed by atoms with Gasteiger partial charge in [-0.05, 0) is 30.0 Å². The van der Waals surface area contributed by atoms with Gasteiger partial charge in [-0.25, -0.2) is 9.78 Å². The SMILES string of the molecule is CCc1cc(C(=O)O)cc(N(C)Cc2cccs2)n1. The normalized spacial score (nSPS) is 10.4. The Labute approximate surface area is 116 Å². The van der Waals surface area contributed by atoms with E-state index in [1.165, 1.54) is 4.88 Å². The van der Waals surface area contributed by atoms with Gasteiger partial charge in [-0.3, -0.25) is 0 Å². The van der Waals surface area contributed by atoms with Crippen molar-refractivity contribution < 1.29 is 9.90 Å². The number of aryl methyl sites for hydroxylation is 1. The molecule has 0 aliphatic heterocycles. The zero-order valence-electron chi connectivity index (χ0n) is 11.0. The van der Waals surface area contributed by atoms with E-state index in [9.17, 15) is 4.79 Å². The molecule has 0 unspecified atom stereocenters. The van der Waals surface area contributed by atoms with Crippen LogP contribution in [0.3, 0.4) is 0 Å². The number of aromatic carboxylic acids is 1. The van der Waals surface area contributed by atoms with Crippen LogP contribution in [0.25, 0.3) is 0 Å². The summed E-state index contributed by atoms with van der Waals surface area (Å²) in [6.45, 7) is 2.70. The van der Waals surface area contributed by atoms with E-state index in [4.69, 9.17) is 5.11 Å². The topological polar surface area (TPSA) is 53.4 Å². The molecule has 0 aliphatic carbocycles. The molecule has 0 aliphatic rings. The van der Waals surface area contributed by atoms with Crippen LogP contribution in [0.2, 0.25) is 0 Å². The summed E-state index contributed by atoms with van der Waals surface area (Å²) in [5.74, 6) is -0.215. The summed E-state index contributed by atoms with van der Waals surface area (Å²) in [6, 6.07) is 7.31. The fraction of sp³-hybridized carbons (Fsp3) is 0.286. The van der Waals surface area contributed by atoms with E-state index in [1.54, 1.807) is 23.5 Å². The number of thiophene rings is 1. The molecule has 2 aromatic rings. The summed E-state index contributed by atoms with van der Waals surface area (Å²) in [5, 5.41) is 11.2. The number of anilines is 1. The molecule has 0 amide bonds. The number of hydrogen-bond acceptors (Lipinski definition) is 4. The van der Waals surface area contributed by atoms with E-state index >= 15 is 0 Å². The number of nitrogens with zero attached hydrogens (tertiary/aromatic N) is 2. The molecule has 2 rings (SSSR count). The number of pyridine rings is 1. The van der Waals surface area contributed by atoms with Gasteiger partial charge < -0.3 is 10.0 Å². The zero-order chi connectivity index (χ0) is 13.8. The Morgan fingerprint density at radius 2 is 2.26 bits per heavy atom. The minimum atomic E-state index is -0.914. The lowest BCUT2D eigenvalue weighted by Crippen LogP contribution is -2.18. The van der Waals surface area contributed by atoms with Gasteiger partial charge in [0.1, 0.15) is 5.82 Å². The van der Waals surface area contributed by atoms with Gasteiger partial charge in [0.25, 0.3) is 0 Å². The number of rotatable bonds is 5. The van der Waals surface area contributed by atoms with Gasteiger partial charge in [0.15, 0.2) is 0 Å². The maximum absolute atomic E-state index is 11.1. The van der Waals surface area contributed by atoms with Crippen molar-refractivity contribution in [2.24, 2.45) is 0 Å². The van der Waals surface area contributed by atoms with Crippen molar-refractivity contribution in [3.8, 4) is 0 Å². The molecule has 0 aromatic carbocycles. The van der Waals surface area contributed by atoms with Crippen LogP contribution in [-0.4, -0.2) is 23.1 Å². The highest BCUT2D eigenvalue weighted by molar-refractivity contribution is 7.09. The van der Waals surface area contributed by atoms with Crippen LogP contribution in [0.4, 0.5) is 5.82 Å². The first kappa shape index (κ1) is 13.5. The molecule has 0 saturated heterocycles. The van der Waals surface area contributed by atoms with Crippen LogP contribution in [0, 0.1) is 0 Å². The average molecular weight is 276 g/mol. The van der Waals surface area contributed by atoms with Gasteiger partial charge in [0.05, 0.1) is 12.1 Å². The summed E-state index contributed by atoms with van der Waals surface area (Å²) in [5.41, 5.74) is 1.09. The first-order valence-electron chi connectivity index (χ1n) is 6.08. The number of carboxylic acid groups (broad SMARTS) is 1. The highest BCUT2D eigenvalue weighted by Crippen LogP contribution is 2.19. The van der Waals surface area contributed by atoms with Crippen molar-refractivity contribution >= 4 is 23.1 Å². The minimum Gasteiger partial charge on any atom is -0.478 e. The van der Waals surface area contributed by atoms with E-state index < -0.39 is 5.97 Å². The van der Waals surface area contributed by atoms with Gasteiger partial charge in [-0.1, -0.05) is 13.0 Å². The first-order valence-corrected chi connectivity index (χ1v) is 6.96. The first-order chi connectivity index (χ1) is 9.10. The van der Waals surface area contributed by atoms with Crippen LogP contribution in [-0.2, 0) is 13.0 Å². The number of hydrogen-bond donors (Lipinski definition) is 1. The standard InChI is InChI=1S/C14H16N2O2S/c1-3-11-7-10(14(17)18)8-13(15-11)16(2)9-12-5-4-6-19-12/h4-8H,3,9H2,1-2H3,(H,17,18). The largest absolute Gasteiger partial charge is 0.478 e. The molecular weight excluding hydrogens is 260 g/mol. The lowest BCUT2D eigenvalue weighted by atomic mass is 10.2. The predicted octanol–water partition coefficient (Wildman–Crippen LogP) is 3.04. The van der Waals surface area contributed by atoms with Crippen molar-refractivity contribution in [1.82, 2.24) is 4.98 Å². The molecule has 0 bridgehead atoms. The molecule has 0 atom stereocenters. The monoisotopic (exact) mass is 276 g/mol. The van der Waals surface area contributed by atoms with E-state index in [2.05, 4.69) is 11.1 Å². The highest BCUT2D eigenvalue weighted by Gasteiger charge is 2.11. The van der Waals surface area contributed by atoms with Gasteiger partial charge in [-0.2, -0.15) is 0 Å². The van der Waals surface area contributed by atoms with Crippen molar-refractivity contribution in [2.75, 3.05) is 11.9 Å². The molecule has 1 N–H and O–H groups in total. The lowest BCUT2D eigenvalue weighted by molar-refractivity contribution is 0.0696. The molecule has 0 radical (unpaired) electrons. The van der Waals surface area contributed by atoms with Crippen molar-refractivity contribution in [1.29, 1.82) is 0 Å². The maximum atomic E-state index is 11.1. The van der Waals surface area contributed by atoms with E-state index in [0.717, 1.165) is 18.7 Å². The van der Waals surface area contributed by atoms with Crippen LogP contribution >= 0.6 is 11.3 Å². The quantitative estimate of drug-likeness (QED) is 0.912. The van der Waals surface area contributed by atoms with E-state index in [1.807, 2.05) is 30.3 Å². The smallest absolute Gasteiger partial charge is 0.335 e. The second-order valence-electron chi connectivity index (χ2n) is 4.30. The Bertz CT molecular complexity index is 567. The molecule has 0 spiro atoms. The molecule has 2 heterocycles. The average Bonchev–Trinajstić information content (AvgIpc) is 2.90. The van der Waals surface area contributed by atoms with E-state index in [0.29, 0.717) is 11.4 Å². The molecule has 0 saturated carbocycles. The predicted molar refractivity (Wildman–Crippen MR) is 77.0 cm³/mol. The third kappa shape index (κ3) is 3.32. The Morgan fingerprint density at radius 1 is 1.47 bits per heavy atom. The van der Waals surface area contributed by atoms with Gasteiger partial charge in [-0.15, -0.1) is 11.3 Å². The summed E-state index contributed by atoms with van der Waals surface area (Å²) in [4.78, 5) is 18.8. The lowest BCUT2D eigenvalue weighted by Gasteiger charge is -2.18. The molecule has 2 aromatic heterocycles. The highest BCUT2D eigenvalue weighted by atomic mass is 32.1. The number of aromatic nitrogens is 1. The van der Waals surface area contributed by atoms with E-state index in [-0.39, 0.29) is 0 Å². The second kappa shape index (κ2) is 5.84. The fourth-order valence-corrected chi connectivity index (χ4v) is 2.55. The zero-order valence-corrected chi connectivity index (χ0v) is 11.8. The van der Waals surface area contributed by atoms with Gasteiger partial charge >= 0.3 is 5.97 Å². The fourth-order valence-electron chi connectivity index (χ4n) is 1.79. The van der Waals surface area contributed by atoms with Crippen LogP contribution in [0.5, 0.6) is 0 Å². The van der Waals surface area contributed by atoms with Crippen LogP contribution in [0.1, 0.15) is 27.9 Å². The third-order valence-corrected chi connectivity index (χ3v) is 3.70. The van der Waals surface area contributed by atoms with Crippen LogP contribution < -0.4 is 4.90 Å². The number of carboxylic acids is 1. The molecule has 4 nitrogen and oxygen atoms in total. The molecule has 19 heavy (non-hydrogen) atoms. The van der Waals surface area contributed by atoms with Gasteiger partial charge in [0.2, 0.25) is 0 Å². The second-order valence-corrected chi connectivity index (χ2v) is 5.33. The van der Waals surface area contributed by atoms with Crippen LogP contribution in [0.15, 0.2) is 29.6 Å². The third-order valence-electron chi connectivity index (χ3n) is 2.84. The summed E-state index contributed by atoms with van der Waals surface area (Å²) < 4.78 is 0. The van der Waals surface area contributed by atoms with Crippen molar-refractivity contribution in [3.63, 3.8) is 0 Å². The molecule has 100 valence electrons. The maximum Gasteiger partial charge on any atom is 0.335 e. The summed E-state index contributed by atoms with van der Waals surface area (Å²) in [6.07, 6.45) is 0.723. The minimum absolute atomic E-state index is 0.292. The Morgan fingerprint density at radius 3 is 2.84 bits per heavy atom. The molecule has 0 fully saturated rings. The van der Waals surface area contributed by atoms with Gasteiger partial charge in [0, 0.05) is 17.6 Å². The Balaban J connectivity index is 2.27. The molecular formula is C14H16N2O2S. The summed E-state index contributed by atoms with van der Waals surface area (Å²) in [7, 11) is 1.92. The summed E-state index contributed by atoms with van der Waals surface area (Å²) >= 11 is 1.68. The number of carbonyl (C=O) groups is 1.